The van der Waals surface area contributed by atoms with E-state index in [9.17, 15) is 10.1 Å². The van der Waals surface area contributed by atoms with Gasteiger partial charge in [0.25, 0.3) is 0 Å². The van der Waals surface area contributed by atoms with Gasteiger partial charge in [-0.3, -0.25) is 15.0 Å². The lowest BCUT2D eigenvalue weighted by molar-refractivity contribution is -0.383. The van der Waals surface area contributed by atoms with Crippen LogP contribution < -0.4 is 10.6 Å². The molecule has 96 valence electrons. The second kappa shape index (κ2) is 3.84. The Balaban J connectivity index is 1.99. The minimum atomic E-state index is -0.375. The van der Waals surface area contributed by atoms with E-state index in [2.05, 4.69) is 16.8 Å². The summed E-state index contributed by atoms with van der Waals surface area (Å²) in [6.07, 6.45) is 1.09. The van der Waals surface area contributed by atoms with Gasteiger partial charge in [-0.1, -0.05) is 6.07 Å². The first kappa shape index (κ1) is 11.3. The largest absolute Gasteiger partial charge is 0.393 e. The monoisotopic (exact) mass is 248 g/mol. The standard InChI is InChI=1S/C12H16N4O2/c1-14-6-9-5-8(14)7-15(9)11-4-2-3-10(13)12(11)16(17)18/h2-4,8-9H,5-7,13H2,1H3/t8-,9-/m0/s1. The highest BCUT2D eigenvalue weighted by Crippen LogP contribution is 2.40. The number of nitrogens with two attached hydrogens (primary N) is 1. The van der Waals surface area contributed by atoms with Crippen LogP contribution in [0, 0.1) is 10.1 Å². The number of likely N-dealkylation sites (tertiary alicyclic amines) is 1. The maximum atomic E-state index is 11.2. The minimum Gasteiger partial charge on any atom is -0.393 e. The molecule has 2 N–H and O–H groups in total. The van der Waals surface area contributed by atoms with Crippen LogP contribution in [0.3, 0.4) is 0 Å². The number of benzene rings is 1. The van der Waals surface area contributed by atoms with E-state index in [-0.39, 0.29) is 16.3 Å². The molecule has 2 fully saturated rings. The molecule has 2 atom stereocenters. The fraction of sp³-hybridized carbons (Fsp3) is 0.500. The van der Waals surface area contributed by atoms with Gasteiger partial charge in [-0.2, -0.15) is 0 Å². The quantitative estimate of drug-likeness (QED) is 0.481. The molecule has 2 aliphatic rings. The van der Waals surface area contributed by atoms with Crippen molar-refractivity contribution in [2.45, 2.75) is 18.5 Å². The van der Waals surface area contributed by atoms with Gasteiger partial charge >= 0.3 is 5.69 Å². The maximum absolute atomic E-state index is 11.2. The molecule has 0 radical (unpaired) electrons. The molecule has 0 unspecified atom stereocenters. The summed E-state index contributed by atoms with van der Waals surface area (Å²) in [5, 5.41) is 11.2. The number of nitro groups is 1. The number of hydrogen-bond donors (Lipinski definition) is 1. The molecule has 0 amide bonds. The van der Waals surface area contributed by atoms with Crippen LogP contribution in [0.5, 0.6) is 0 Å². The van der Waals surface area contributed by atoms with Crippen molar-refractivity contribution in [1.82, 2.24) is 4.90 Å². The average molecular weight is 248 g/mol. The van der Waals surface area contributed by atoms with E-state index in [4.69, 9.17) is 5.73 Å². The molecule has 0 saturated carbocycles. The van der Waals surface area contributed by atoms with Crippen molar-refractivity contribution in [3.8, 4) is 0 Å². The summed E-state index contributed by atoms with van der Waals surface area (Å²) in [6.45, 7) is 1.82. The smallest absolute Gasteiger partial charge is 0.315 e. The van der Waals surface area contributed by atoms with E-state index in [1.807, 2.05) is 0 Å². The molecule has 0 spiro atoms. The first-order valence-corrected chi connectivity index (χ1v) is 6.07. The van der Waals surface area contributed by atoms with Gasteiger partial charge in [0.2, 0.25) is 0 Å². The number of nitro benzene ring substituents is 1. The molecule has 2 bridgehead atoms. The van der Waals surface area contributed by atoms with Crippen LogP contribution in [0.4, 0.5) is 17.1 Å². The lowest BCUT2D eigenvalue weighted by atomic mass is 10.2. The molecule has 3 rings (SSSR count). The van der Waals surface area contributed by atoms with Crippen LogP contribution in [0.15, 0.2) is 18.2 Å². The van der Waals surface area contributed by atoms with Crippen molar-refractivity contribution in [3.63, 3.8) is 0 Å². The van der Waals surface area contributed by atoms with Crippen molar-refractivity contribution in [2.24, 2.45) is 0 Å². The molecule has 2 heterocycles. The Labute approximate surface area is 105 Å². The predicted molar refractivity (Wildman–Crippen MR) is 69.7 cm³/mol. The Morgan fingerprint density at radius 1 is 1.39 bits per heavy atom. The van der Waals surface area contributed by atoms with Gasteiger partial charge in [-0.15, -0.1) is 0 Å². The molecule has 6 nitrogen and oxygen atoms in total. The van der Waals surface area contributed by atoms with E-state index in [0.29, 0.717) is 17.8 Å². The zero-order chi connectivity index (χ0) is 12.9. The second-order valence-electron chi connectivity index (χ2n) is 5.11. The van der Waals surface area contributed by atoms with Crippen molar-refractivity contribution in [2.75, 3.05) is 30.8 Å². The van der Waals surface area contributed by atoms with Crippen LogP contribution in [-0.2, 0) is 0 Å². The van der Waals surface area contributed by atoms with Gasteiger partial charge in [0.1, 0.15) is 11.4 Å². The van der Waals surface area contributed by atoms with E-state index < -0.39 is 0 Å². The highest BCUT2D eigenvalue weighted by molar-refractivity contribution is 5.76. The Morgan fingerprint density at radius 2 is 2.17 bits per heavy atom. The highest BCUT2D eigenvalue weighted by atomic mass is 16.6. The van der Waals surface area contributed by atoms with Crippen LogP contribution in [0.2, 0.25) is 0 Å². The lowest BCUT2D eigenvalue weighted by Crippen LogP contribution is -2.44. The number of para-hydroxylation sites is 1. The molecule has 0 aromatic heterocycles. The van der Waals surface area contributed by atoms with Crippen molar-refractivity contribution in [1.29, 1.82) is 0 Å². The molecule has 1 aromatic rings. The number of anilines is 2. The first-order chi connectivity index (χ1) is 8.58. The summed E-state index contributed by atoms with van der Waals surface area (Å²) in [5.41, 5.74) is 6.70. The Kier molecular flexibility index (Phi) is 2.41. The highest BCUT2D eigenvalue weighted by Gasteiger charge is 2.43. The number of fused-ring (bicyclic) bond motifs is 2. The fourth-order valence-corrected chi connectivity index (χ4v) is 3.14. The number of nitrogens with zero attached hydrogens (tertiary/aromatic N) is 3. The van der Waals surface area contributed by atoms with Crippen molar-refractivity contribution >= 4 is 17.1 Å². The Bertz CT molecular complexity index is 503. The van der Waals surface area contributed by atoms with Gasteiger partial charge < -0.3 is 10.6 Å². The van der Waals surface area contributed by atoms with Gasteiger partial charge in [-0.25, -0.2) is 0 Å². The van der Waals surface area contributed by atoms with Crippen molar-refractivity contribution in [3.05, 3.63) is 28.3 Å². The third-order valence-electron chi connectivity index (χ3n) is 4.05. The molecular formula is C12H16N4O2. The second-order valence-corrected chi connectivity index (χ2v) is 5.11. The normalized spacial score (nSPS) is 26.8. The zero-order valence-electron chi connectivity index (χ0n) is 10.2. The SMILES string of the molecule is CN1C[C@@H]2C[C@H]1CN2c1cccc(N)c1[N+](=O)[O-]. The summed E-state index contributed by atoms with van der Waals surface area (Å²) in [6, 6.07) is 6.06. The minimum absolute atomic E-state index is 0.0488. The van der Waals surface area contributed by atoms with Gasteiger partial charge in [0.05, 0.1) is 4.92 Å². The van der Waals surface area contributed by atoms with Crippen molar-refractivity contribution < 1.29 is 4.92 Å². The first-order valence-electron chi connectivity index (χ1n) is 6.07. The van der Waals surface area contributed by atoms with E-state index in [1.165, 1.54) is 0 Å². The fourth-order valence-electron chi connectivity index (χ4n) is 3.14. The van der Waals surface area contributed by atoms with Gasteiger partial charge in [-0.05, 0) is 25.6 Å². The third kappa shape index (κ3) is 1.53. The third-order valence-corrected chi connectivity index (χ3v) is 4.05. The molecule has 2 saturated heterocycles. The summed E-state index contributed by atoms with van der Waals surface area (Å²) in [5.74, 6) is 0. The molecule has 1 aromatic carbocycles. The number of likely N-dealkylation sites (N-methyl/N-ethyl adjacent to an activating group) is 1. The average Bonchev–Trinajstić information content (AvgIpc) is 2.86. The topological polar surface area (TPSA) is 75.6 Å². The Morgan fingerprint density at radius 3 is 2.72 bits per heavy atom. The van der Waals surface area contributed by atoms with Crippen LogP contribution in [0.1, 0.15) is 6.42 Å². The molecule has 6 heteroatoms. The summed E-state index contributed by atoms with van der Waals surface area (Å²) in [7, 11) is 2.11. The number of piperazine rings is 1. The molecular weight excluding hydrogens is 232 g/mol. The number of rotatable bonds is 2. The van der Waals surface area contributed by atoms with Gasteiger partial charge in [0, 0.05) is 25.2 Å². The van der Waals surface area contributed by atoms with E-state index >= 15 is 0 Å². The van der Waals surface area contributed by atoms with E-state index in [0.717, 1.165) is 19.5 Å². The maximum Gasteiger partial charge on any atom is 0.315 e. The summed E-state index contributed by atoms with van der Waals surface area (Å²) < 4.78 is 0. The summed E-state index contributed by atoms with van der Waals surface area (Å²) in [4.78, 5) is 15.2. The van der Waals surface area contributed by atoms with Gasteiger partial charge in [0.15, 0.2) is 0 Å². The van der Waals surface area contributed by atoms with Crippen LogP contribution >= 0.6 is 0 Å². The molecule has 0 aliphatic carbocycles. The summed E-state index contributed by atoms with van der Waals surface area (Å²) >= 11 is 0. The zero-order valence-corrected chi connectivity index (χ0v) is 10.2. The Hall–Kier alpha value is -1.82. The molecule has 18 heavy (non-hydrogen) atoms. The molecule has 2 aliphatic heterocycles. The van der Waals surface area contributed by atoms with Crippen LogP contribution in [-0.4, -0.2) is 42.0 Å². The van der Waals surface area contributed by atoms with Crippen LogP contribution in [0.25, 0.3) is 0 Å². The number of nitrogen functional groups attached to an aromatic ring is 1. The lowest BCUT2D eigenvalue weighted by Gasteiger charge is -2.33. The van der Waals surface area contributed by atoms with E-state index in [1.54, 1.807) is 18.2 Å². The predicted octanol–water partition coefficient (Wildman–Crippen LogP) is 1.07. The number of hydrogen-bond acceptors (Lipinski definition) is 5.